The summed E-state index contributed by atoms with van der Waals surface area (Å²) in [4.78, 5) is 6.02. The number of hydrogen-bond donors (Lipinski definition) is 1. The maximum atomic E-state index is 14.2. The quantitative estimate of drug-likeness (QED) is 0.393. The molecule has 6 rings (SSSR count). The number of halogens is 4. The van der Waals surface area contributed by atoms with Crippen molar-refractivity contribution < 1.29 is 22.3 Å². The lowest BCUT2D eigenvalue weighted by atomic mass is 10.1. The second kappa shape index (κ2) is 8.67. The van der Waals surface area contributed by atoms with Crippen LogP contribution in [0.3, 0.4) is 0 Å². The average molecular weight is 501 g/mol. The number of ether oxygens (including phenoxy) is 1. The third kappa shape index (κ3) is 4.37. The van der Waals surface area contributed by atoms with Crippen molar-refractivity contribution >= 4 is 16.6 Å². The predicted octanol–water partition coefficient (Wildman–Crippen LogP) is 4.51. The number of rotatable bonds is 6. The highest BCUT2D eigenvalue weighted by molar-refractivity contribution is 5.86. The van der Waals surface area contributed by atoms with Crippen molar-refractivity contribution in [3.8, 4) is 17.3 Å². The SMILES string of the molecule is NC1CCN([C@H](c2ccc3nnc(-c4ccc5cc(F)cc(OCC6CC6)c5n4)n3c2)C(F)(F)F)C1. The van der Waals surface area contributed by atoms with E-state index in [1.807, 2.05) is 0 Å². The summed E-state index contributed by atoms with van der Waals surface area (Å²) in [6.07, 6.45) is -0.386. The predicted molar refractivity (Wildman–Crippen MR) is 125 cm³/mol. The lowest BCUT2D eigenvalue weighted by Crippen LogP contribution is -2.38. The molecule has 2 atom stereocenters. The molecule has 11 heteroatoms. The molecule has 3 aromatic heterocycles. The average Bonchev–Trinajstić information content (AvgIpc) is 3.42. The van der Waals surface area contributed by atoms with Gasteiger partial charge in [0.1, 0.15) is 28.8 Å². The lowest BCUT2D eigenvalue weighted by molar-refractivity contribution is -0.183. The van der Waals surface area contributed by atoms with Gasteiger partial charge >= 0.3 is 6.18 Å². The Morgan fingerprint density at radius 3 is 2.64 bits per heavy atom. The van der Waals surface area contributed by atoms with Crippen molar-refractivity contribution in [1.82, 2.24) is 24.5 Å². The van der Waals surface area contributed by atoms with Crippen molar-refractivity contribution in [1.29, 1.82) is 0 Å². The summed E-state index contributed by atoms with van der Waals surface area (Å²) in [7, 11) is 0. The molecule has 36 heavy (non-hydrogen) atoms. The molecule has 0 spiro atoms. The first-order valence-electron chi connectivity index (χ1n) is 11.9. The van der Waals surface area contributed by atoms with Crippen molar-refractivity contribution in [2.24, 2.45) is 11.7 Å². The van der Waals surface area contributed by atoms with E-state index in [1.165, 1.54) is 39.8 Å². The molecular weight excluding hydrogens is 476 g/mol. The molecule has 7 nitrogen and oxygen atoms in total. The monoisotopic (exact) mass is 500 g/mol. The van der Waals surface area contributed by atoms with Gasteiger partial charge in [-0.2, -0.15) is 13.2 Å². The van der Waals surface area contributed by atoms with E-state index >= 15 is 0 Å². The Labute approximate surface area is 203 Å². The molecule has 2 N–H and O–H groups in total. The first-order chi connectivity index (χ1) is 17.3. The molecule has 1 saturated carbocycles. The normalized spacial score (nSPS) is 19.9. The van der Waals surface area contributed by atoms with Gasteiger partial charge in [-0.1, -0.05) is 12.1 Å². The minimum absolute atomic E-state index is 0.0708. The fourth-order valence-electron chi connectivity index (χ4n) is 4.79. The number of hydrogen-bond acceptors (Lipinski definition) is 6. The zero-order chi connectivity index (χ0) is 25.0. The molecular formula is C25H24F4N6O. The molecule has 4 aromatic rings. The summed E-state index contributed by atoms with van der Waals surface area (Å²) in [6, 6.07) is 6.88. The second-order valence-electron chi connectivity index (χ2n) is 9.63. The summed E-state index contributed by atoms with van der Waals surface area (Å²) < 4.78 is 63.9. The molecule has 1 aromatic carbocycles. The van der Waals surface area contributed by atoms with Gasteiger partial charge in [-0.15, -0.1) is 10.2 Å². The van der Waals surface area contributed by atoms with E-state index in [1.54, 1.807) is 12.1 Å². The van der Waals surface area contributed by atoms with Gasteiger partial charge in [-0.3, -0.25) is 9.30 Å². The van der Waals surface area contributed by atoms with Crippen LogP contribution in [-0.2, 0) is 0 Å². The van der Waals surface area contributed by atoms with E-state index in [9.17, 15) is 17.6 Å². The number of aromatic nitrogens is 4. The Bertz CT molecular complexity index is 1430. The van der Waals surface area contributed by atoms with Gasteiger partial charge in [0.2, 0.25) is 0 Å². The van der Waals surface area contributed by atoms with Gasteiger partial charge in [-0.25, -0.2) is 9.37 Å². The largest absolute Gasteiger partial charge is 0.491 e. The lowest BCUT2D eigenvalue weighted by Gasteiger charge is -2.30. The first-order valence-corrected chi connectivity index (χ1v) is 11.9. The fraction of sp³-hybridized carbons (Fsp3) is 0.400. The van der Waals surface area contributed by atoms with Gasteiger partial charge in [0.15, 0.2) is 11.5 Å². The topological polar surface area (TPSA) is 81.6 Å². The zero-order valence-electron chi connectivity index (χ0n) is 19.2. The minimum atomic E-state index is -4.48. The summed E-state index contributed by atoms with van der Waals surface area (Å²) in [5.41, 5.74) is 7.20. The number of alkyl halides is 3. The molecule has 188 valence electrons. The van der Waals surface area contributed by atoms with Crippen LogP contribution in [0, 0.1) is 11.7 Å². The van der Waals surface area contributed by atoms with Gasteiger partial charge in [-0.05, 0) is 48.9 Å². The third-order valence-electron chi connectivity index (χ3n) is 6.80. The van der Waals surface area contributed by atoms with E-state index in [0.717, 1.165) is 12.8 Å². The first kappa shape index (κ1) is 23.1. The van der Waals surface area contributed by atoms with Crippen LogP contribution in [0.15, 0.2) is 42.6 Å². The molecule has 0 radical (unpaired) electrons. The molecule has 1 unspecified atom stereocenters. The van der Waals surface area contributed by atoms with Crippen molar-refractivity contribution in [2.75, 3.05) is 19.7 Å². The maximum absolute atomic E-state index is 14.2. The number of nitrogens with zero attached hydrogens (tertiary/aromatic N) is 5. The third-order valence-corrected chi connectivity index (χ3v) is 6.80. The fourth-order valence-corrected chi connectivity index (χ4v) is 4.79. The minimum Gasteiger partial charge on any atom is -0.491 e. The van der Waals surface area contributed by atoms with Crippen molar-refractivity contribution in [3.05, 3.63) is 54.0 Å². The van der Waals surface area contributed by atoms with E-state index in [2.05, 4.69) is 15.2 Å². The Morgan fingerprint density at radius 2 is 1.92 bits per heavy atom. The van der Waals surface area contributed by atoms with Crippen LogP contribution in [0.25, 0.3) is 28.1 Å². The summed E-state index contributed by atoms with van der Waals surface area (Å²) in [5, 5.41) is 8.87. The Hall–Kier alpha value is -3.31. The van der Waals surface area contributed by atoms with Crippen LogP contribution in [0.4, 0.5) is 17.6 Å². The van der Waals surface area contributed by atoms with E-state index in [0.29, 0.717) is 46.9 Å². The summed E-state index contributed by atoms with van der Waals surface area (Å²) in [6.45, 7) is 0.926. The van der Waals surface area contributed by atoms with Crippen molar-refractivity contribution in [3.63, 3.8) is 0 Å². The van der Waals surface area contributed by atoms with Crippen LogP contribution < -0.4 is 10.5 Å². The zero-order valence-corrected chi connectivity index (χ0v) is 19.2. The summed E-state index contributed by atoms with van der Waals surface area (Å²) in [5.74, 6) is 0.651. The van der Waals surface area contributed by atoms with Gasteiger partial charge in [0.25, 0.3) is 0 Å². The van der Waals surface area contributed by atoms with E-state index < -0.39 is 18.0 Å². The van der Waals surface area contributed by atoms with Crippen LogP contribution in [-0.4, -0.2) is 56.4 Å². The smallest absolute Gasteiger partial charge is 0.408 e. The van der Waals surface area contributed by atoms with Gasteiger partial charge in [0.05, 0.1) is 6.61 Å². The van der Waals surface area contributed by atoms with Crippen LogP contribution in [0.1, 0.15) is 30.9 Å². The molecule has 1 aliphatic heterocycles. The standard InChI is InChI=1S/C25H24F4N6O/c26-17-9-15-3-5-19(31-22(15)20(10-17)36-13-14-1-2-14)24-33-32-21-6-4-16(11-35(21)24)23(25(27,28)29)34-8-7-18(30)12-34/h3-6,9-11,14,18,23H,1-2,7-8,12-13,30H2/t18?,23-/m1/s1. The molecule has 4 heterocycles. The van der Waals surface area contributed by atoms with Gasteiger partial charge in [0, 0.05) is 36.8 Å². The highest BCUT2D eigenvalue weighted by atomic mass is 19.4. The van der Waals surface area contributed by atoms with E-state index in [4.69, 9.17) is 10.5 Å². The van der Waals surface area contributed by atoms with Crippen molar-refractivity contribution in [2.45, 2.75) is 37.5 Å². The molecule has 0 amide bonds. The van der Waals surface area contributed by atoms with Crippen LogP contribution in [0.2, 0.25) is 0 Å². The number of likely N-dealkylation sites (tertiary alicyclic amines) is 1. The maximum Gasteiger partial charge on any atom is 0.408 e. The molecule has 0 bridgehead atoms. The Balaban J connectivity index is 1.42. The molecule has 2 fully saturated rings. The molecule has 1 aliphatic carbocycles. The van der Waals surface area contributed by atoms with Crippen LogP contribution in [0.5, 0.6) is 5.75 Å². The number of benzene rings is 1. The van der Waals surface area contributed by atoms with Crippen LogP contribution >= 0.6 is 0 Å². The molecule has 1 saturated heterocycles. The van der Waals surface area contributed by atoms with E-state index in [-0.39, 0.29) is 30.5 Å². The Morgan fingerprint density at radius 1 is 1.08 bits per heavy atom. The Kier molecular flexibility index (Phi) is 5.56. The highest BCUT2D eigenvalue weighted by Gasteiger charge is 2.46. The highest BCUT2D eigenvalue weighted by Crippen LogP contribution is 2.40. The number of pyridine rings is 2. The number of nitrogens with two attached hydrogens (primary N) is 1. The summed E-state index contributed by atoms with van der Waals surface area (Å²) >= 11 is 0. The number of fused-ring (bicyclic) bond motifs is 2. The molecule has 2 aliphatic rings. The van der Waals surface area contributed by atoms with Gasteiger partial charge < -0.3 is 10.5 Å². The second-order valence-corrected chi connectivity index (χ2v) is 9.63.